The van der Waals surface area contributed by atoms with Gasteiger partial charge in [-0.05, 0) is 54.9 Å². The SMILES string of the molecule is Cc1cc(F)ccc1CC(O)C1(C)CCCC1. The highest BCUT2D eigenvalue weighted by Gasteiger charge is 2.35. The van der Waals surface area contributed by atoms with E-state index in [1.165, 1.54) is 18.9 Å². The minimum atomic E-state index is -0.311. The Labute approximate surface area is 103 Å². The van der Waals surface area contributed by atoms with Crippen molar-refractivity contribution in [3.05, 3.63) is 35.1 Å². The van der Waals surface area contributed by atoms with E-state index in [9.17, 15) is 9.50 Å². The lowest BCUT2D eigenvalue weighted by molar-refractivity contribution is 0.0422. The van der Waals surface area contributed by atoms with Gasteiger partial charge in [0.05, 0.1) is 6.10 Å². The van der Waals surface area contributed by atoms with Crippen LogP contribution >= 0.6 is 0 Å². The lowest BCUT2D eigenvalue weighted by Crippen LogP contribution is -2.31. The molecule has 1 nitrogen and oxygen atoms in total. The molecule has 0 aromatic heterocycles. The van der Waals surface area contributed by atoms with E-state index in [2.05, 4.69) is 6.92 Å². The molecule has 1 aliphatic carbocycles. The summed E-state index contributed by atoms with van der Waals surface area (Å²) in [4.78, 5) is 0. The predicted octanol–water partition coefficient (Wildman–Crippen LogP) is 3.62. The minimum Gasteiger partial charge on any atom is -0.392 e. The van der Waals surface area contributed by atoms with Crippen LogP contribution < -0.4 is 0 Å². The van der Waals surface area contributed by atoms with Crippen molar-refractivity contribution in [1.29, 1.82) is 0 Å². The molecular formula is C15H21FO. The zero-order valence-electron chi connectivity index (χ0n) is 10.7. The summed E-state index contributed by atoms with van der Waals surface area (Å²) in [7, 11) is 0. The molecule has 1 unspecified atom stereocenters. The van der Waals surface area contributed by atoms with Crippen LogP contribution in [0.1, 0.15) is 43.7 Å². The van der Waals surface area contributed by atoms with Gasteiger partial charge >= 0.3 is 0 Å². The molecule has 17 heavy (non-hydrogen) atoms. The van der Waals surface area contributed by atoms with E-state index in [1.807, 2.05) is 6.92 Å². The summed E-state index contributed by atoms with van der Waals surface area (Å²) >= 11 is 0. The van der Waals surface area contributed by atoms with Gasteiger partial charge in [-0.15, -0.1) is 0 Å². The van der Waals surface area contributed by atoms with Gasteiger partial charge in [0.2, 0.25) is 0 Å². The third-order valence-electron chi connectivity index (χ3n) is 4.27. The van der Waals surface area contributed by atoms with Crippen molar-refractivity contribution in [2.45, 2.75) is 52.1 Å². The summed E-state index contributed by atoms with van der Waals surface area (Å²) in [6.45, 7) is 4.08. The summed E-state index contributed by atoms with van der Waals surface area (Å²) in [6, 6.07) is 4.82. The van der Waals surface area contributed by atoms with Gasteiger partial charge in [-0.1, -0.05) is 25.8 Å². The first-order valence-electron chi connectivity index (χ1n) is 6.44. The molecule has 0 spiro atoms. The lowest BCUT2D eigenvalue weighted by Gasteiger charge is -2.30. The quantitative estimate of drug-likeness (QED) is 0.850. The van der Waals surface area contributed by atoms with Gasteiger partial charge in [-0.25, -0.2) is 4.39 Å². The number of hydrogen-bond donors (Lipinski definition) is 1. The molecule has 1 aromatic carbocycles. The number of aryl methyl sites for hydroxylation is 1. The standard InChI is InChI=1S/C15H21FO/c1-11-9-13(16)6-5-12(11)10-14(17)15(2)7-3-4-8-15/h5-6,9,14,17H,3-4,7-8,10H2,1-2H3. The zero-order valence-corrected chi connectivity index (χ0v) is 10.7. The van der Waals surface area contributed by atoms with Crippen molar-refractivity contribution in [2.75, 3.05) is 0 Å². The van der Waals surface area contributed by atoms with Crippen LogP contribution in [0.2, 0.25) is 0 Å². The van der Waals surface area contributed by atoms with E-state index >= 15 is 0 Å². The monoisotopic (exact) mass is 236 g/mol. The molecule has 1 fully saturated rings. The van der Waals surface area contributed by atoms with Gasteiger partial charge in [0, 0.05) is 0 Å². The Hall–Kier alpha value is -0.890. The van der Waals surface area contributed by atoms with Gasteiger partial charge in [-0.3, -0.25) is 0 Å². The Bertz CT molecular complexity index is 394. The minimum absolute atomic E-state index is 0.0564. The first-order chi connectivity index (χ1) is 8.01. The third kappa shape index (κ3) is 2.68. The van der Waals surface area contributed by atoms with Gasteiger partial charge in [0.25, 0.3) is 0 Å². The fourth-order valence-electron chi connectivity index (χ4n) is 2.86. The van der Waals surface area contributed by atoms with E-state index in [4.69, 9.17) is 0 Å². The van der Waals surface area contributed by atoms with Gasteiger partial charge in [0.15, 0.2) is 0 Å². The Morgan fingerprint density at radius 3 is 2.59 bits per heavy atom. The number of halogens is 1. The fraction of sp³-hybridized carbons (Fsp3) is 0.600. The van der Waals surface area contributed by atoms with Crippen LogP contribution in [-0.4, -0.2) is 11.2 Å². The first kappa shape index (κ1) is 12.6. The van der Waals surface area contributed by atoms with E-state index in [1.54, 1.807) is 12.1 Å². The number of aliphatic hydroxyl groups is 1. The molecule has 1 aliphatic rings. The van der Waals surface area contributed by atoms with Crippen molar-refractivity contribution in [2.24, 2.45) is 5.41 Å². The molecule has 2 heteroatoms. The molecule has 1 saturated carbocycles. The normalized spacial score (nSPS) is 20.5. The number of rotatable bonds is 3. The van der Waals surface area contributed by atoms with Crippen LogP contribution in [0.5, 0.6) is 0 Å². The Balaban J connectivity index is 2.10. The summed E-state index contributed by atoms with van der Waals surface area (Å²) in [5, 5.41) is 10.4. The molecule has 0 bridgehead atoms. The molecule has 0 heterocycles. The topological polar surface area (TPSA) is 20.2 Å². The molecule has 0 amide bonds. The largest absolute Gasteiger partial charge is 0.392 e. The van der Waals surface area contributed by atoms with Crippen molar-refractivity contribution in [1.82, 2.24) is 0 Å². The molecule has 1 aromatic rings. The lowest BCUT2D eigenvalue weighted by atomic mass is 9.79. The molecule has 0 radical (unpaired) electrons. The van der Waals surface area contributed by atoms with E-state index in [-0.39, 0.29) is 17.3 Å². The van der Waals surface area contributed by atoms with E-state index in [0.717, 1.165) is 24.0 Å². The Kier molecular flexibility index (Phi) is 3.53. The Morgan fingerprint density at radius 2 is 2.00 bits per heavy atom. The summed E-state index contributed by atoms with van der Waals surface area (Å²) in [6.07, 6.45) is 4.98. The summed E-state index contributed by atoms with van der Waals surface area (Å²) in [5.41, 5.74) is 2.05. The third-order valence-corrected chi connectivity index (χ3v) is 4.27. The maximum atomic E-state index is 13.0. The number of benzene rings is 1. The van der Waals surface area contributed by atoms with Gasteiger partial charge < -0.3 is 5.11 Å². The van der Waals surface area contributed by atoms with Crippen molar-refractivity contribution >= 4 is 0 Å². The molecular weight excluding hydrogens is 215 g/mol. The second kappa shape index (κ2) is 4.77. The van der Waals surface area contributed by atoms with Crippen molar-refractivity contribution in [3.63, 3.8) is 0 Å². The van der Waals surface area contributed by atoms with Crippen LogP contribution in [0.4, 0.5) is 4.39 Å². The maximum Gasteiger partial charge on any atom is 0.123 e. The van der Waals surface area contributed by atoms with Crippen LogP contribution in [0.25, 0.3) is 0 Å². The molecule has 1 N–H and O–H groups in total. The van der Waals surface area contributed by atoms with Crippen molar-refractivity contribution in [3.8, 4) is 0 Å². The van der Waals surface area contributed by atoms with Gasteiger partial charge in [-0.2, -0.15) is 0 Å². The smallest absolute Gasteiger partial charge is 0.123 e. The fourth-order valence-corrected chi connectivity index (χ4v) is 2.86. The first-order valence-corrected chi connectivity index (χ1v) is 6.44. The molecule has 94 valence electrons. The summed E-state index contributed by atoms with van der Waals surface area (Å²) in [5.74, 6) is -0.201. The average Bonchev–Trinajstić information content (AvgIpc) is 2.71. The molecule has 1 atom stereocenters. The highest BCUT2D eigenvalue weighted by molar-refractivity contribution is 5.27. The number of aliphatic hydroxyl groups excluding tert-OH is 1. The van der Waals surface area contributed by atoms with Gasteiger partial charge in [0.1, 0.15) is 5.82 Å². The zero-order chi connectivity index (χ0) is 12.5. The van der Waals surface area contributed by atoms with E-state index < -0.39 is 0 Å². The highest BCUT2D eigenvalue weighted by Crippen LogP contribution is 2.41. The maximum absolute atomic E-state index is 13.0. The molecule has 2 rings (SSSR count). The second-order valence-electron chi connectivity index (χ2n) is 5.65. The second-order valence-corrected chi connectivity index (χ2v) is 5.65. The van der Waals surface area contributed by atoms with Crippen LogP contribution in [0.15, 0.2) is 18.2 Å². The van der Waals surface area contributed by atoms with Crippen molar-refractivity contribution < 1.29 is 9.50 Å². The van der Waals surface area contributed by atoms with Crippen LogP contribution in [-0.2, 0) is 6.42 Å². The van der Waals surface area contributed by atoms with Crippen LogP contribution in [0, 0.1) is 18.2 Å². The highest BCUT2D eigenvalue weighted by atomic mass is 19.1. The van der Waals surface area contributed by atoms with E-state index in [0.29, 0.717) is 6.42 Å². The molecule has 0 aliphatic heterocycles. The number of hydrogen-bond acceptors (Lipinski definition) is 1. The Morgan fingerprint density at radius 1 is 1.35 bits per heavy atom. The van der Waals surface area contributed by atoms with Crippen LogP contribution in [0.3, 0.4) is 0 Å². The average molecular weight is 236 g/mol. The predicted molar refractivity (Wildman–Crippen MR) is 67.4 cm³/mol. The molecule has 0 saturated heterocycles. The summed E-state index contributed by atoms with van der Waals surface area (Å²) < 4.78 is 13.0.